The monoisotopic (exact) mass is 370 g/mol. The number of carbonyl (C=O) groups is 1. The zero-order valence-corrected chi connectivity index (χ0v) is 16.2. The first kappa shape index (κ1) is 19.4. The second-order valence-electron chi connectivity index (χ2n) is 6.69. The Morgan fingerprint density at radius 2 is 1.32 bits per heavy atom. The molecule has 0 radical (unpaired) electrons. The molecule has 1 amide bonds. The van der Waals surface area contributed by atoms with E-state index in [0.717, 1.165) is 24.0 Å². The molecule has 28 heavy (non-hydrogen) atoms. The number of fused-ring (bicyclic) bond motifs is 1. The van der Waals surface area contributed by atoms with E-state index in [9.17, 15) is 4.79 Å². The molecule has 4 rings (SSSR count). The maximum absolute atomic E-state index is 11.0. The number of rotatable bonds is 6. The molecule has 0 fully saturated rings. The molecular formula is C25H26N2O. The van der Waals surface area contributed by atoms with Gasteiger partial charge in [-0.3, -0.25) is 4.79 Å². The lowest BCUT2D eigenvalue weighted by Gasteiger charge is -2.17. The number of para-hydroxylation sites is 1. The molecule has 1 aromatic heterocycles. The van der Waals surface area contributed by atoms with E-state index in [0.29, 0.717) is 13.1 Å². The predicted molar refractivity (Wildman–Crippen MR) is 116 cm³/mol. The standard InChI is InChI=1S/C15H15NO.C10H11N/c17-13-16(11-14-7-3-1-4-8-14)12-15-9-5-2-6-10-15;1-2-8-7-11-10-6-4-3-5-9(8)10/h1-10,13H,11-12H2;3-7,11H,2H2,1H3. The van der Waals surface area contributed by atoms with Gasteiger partial charge in [0.1, 0.15) is 0 Å². The number of nitrogens with one attached hydrogen (secondary N) is 1. The summed E-state index contributed by atoms with van der Waals surface area (Å²) in [6, 6.07) is 28.4. The second kappa shape index (κ2) is 10.1. The highest BCUT2D eigenvalue weighted by molar-refractivity contribution is 5.82. The van der Waals surface area contributed by atoms with Gasteiger partial charge in [0, 0.05) is 30.2 Å². The van der Waals surface area contributed by atoms with E-state index >= 15 is 0 Å². The Hall–Kier alpha value is -3.33. The summed E-state index contributed by atoms with van der Waals surface area (Å²) in [6.45, 7) is 3.48. The Kier molecular flexibility index (Phi) is 7.02. The van der Waals surface area contributed by atoms with E-state index in [1.807, 2.05) is 60.7 Å². The molecule has 0 unspecified atom stereocenters. The Morgan fingerprint density at radius 1 is 0.786 bits per heavy atom. The number of nitrogens with zero attached hydrogens (tertiary/aromatic N) is 1. The van der Waals surface area contributed by atoms with Crippen molar-refractivity contribution in [3.8, 4) is 0 Å². The molecule has 1 N–H and O–H groups in total. The molecule has 0 atom stereocenters. The Labute approximate surface area is 166 Å². The predicted octanol–water partition coefficient (Wildman–Crippen LogP) is 5.58. The molecule has 3 nitrogen and oxygen atoms in total. The molecular weight excluding hydrogens is 344 g/mol. The summed E-state index contributed by atoms with van der Waals surface area (Å²) in [7, 11) is 0. The average Bonchev–Trinajstić information content (AvgIpc) is 3.18. The minimum Gasteiger partial charge on any atom is -0.361 e. The van der Waals surface area contributed by atoms with Crippen LogP contribution in [0.1, 0.15) is 23.6 Å². The zero-order chi connectivity index (χ0) is 19.6. The summed E-state index contributed by atoms with van der Waals surface area (Å²) in [6.07, 6.45) is 4.09. The summed E-state index contributed by atoms with van der Waals surface area (Å²) in [4.78, 5) is 16.0. The SMILES string of the molecule is CCc1c[nH]c2ccccc12.O=CN(Cc1ccccc1)Cc1ccccc1. The normalized spacial score (nSPS) is 10.2. The fourth-order valence-electron chi connectivity index (χ4n) is 3.19. The van der Waals surface area contributed by atoms with Gasteiger partial charge in [-0.15, -0.1) is 0 Å². The number of H-pyrrole nitrogens is 1. The first-order valence-electron chi connectivity index (χ1n) is 9.62. The van der Waals surface area contributed by atoms with Crippen LogP contribution in [0.2, 0.25) is 0 Å². The number of hydrogen-bond acceptors (Lipinski definition) is 1. The highest BCUT2D eigenvalue weighted by Crippen LogP contribution is 2.17. The maximum atomic E-state index is 11.0. The van der Waals surface area contributed by atoms with E-state index in [4.69, 9.17) is 0 Å². The van der Waals surface area contributed by atoms with Crippen molar-refractivity contribution in [2.75, 3.05) is 0 Å². The van der Waals surface area contributed by atoms with Crippen LogP contribution in [0.3, 0.4) is 0 Å². The number of amides is 1. The third kappa shape index (κ3) is 5.34. The smallest absolute Gasteiger partial charge is 0.210 e. The van der Waals surface area contributed by atoms with Crippen molar-refractivity contribution in [2.45, 2.75) is 26.4 Å². The average molecular weight is 370 g/mol. The van der Waals surface area contributed by atoms with Gasteiger partial charge in [0.15, 0.2) is 0 Å². The lowest BCUT2D eigenvalue weighted by molar-refractivity contribution is -0.119. The Bertz CT molecular complexity index is 936. The molecule has 0 bridgehead atoms. The molecule has 0 saturated carbocycles. The molecule has 4 aromatic rings. The van der Waals surface area contributed by atoms with Crippen molar-refractivity contribution in [1.29, 1.82) is 0 Å². The molecule has 142 valence electrons. The van der Waals surface area contributed by atoms with E-state index in [1.54, 1.807) is 4.90 Å². The van der Waals surface area contributed by atoms with Gasteiger partial charge >= 0.3 is 0 Å². The summed E-state index contributed by atoms with van der Waals surface area (Å²) in [5.41, 5.74) is 4.94. The highest BCUT2D eigenvalue weighted by atomic mass is 16.1. The summed E-state index contributed by atoms with van der Waals surface area (Å²) < 4.78 is 0. The molecule has 0 saturated heterocycles. The van der Waals surface area contributed by atoms with Crippen molar-refractivity contribution in [3.05, 3.63) is 108 Å². The van der Waals surface area contributed by atoms with E-state index in [-0.39, 0.29) is 0 Å². The number of hydrogen-bond donors (Lipinski definition) is 1. The Balaban J connectivity index is 0.000000176. The quantitative estimate of drug-likeness (QED) is 0.442. The van der Waals surface area contributed by atoms with Crippen LogP contribution in [0, 0.1) is 0 Å². The van der Waals surface area contributed by atoms with Gasteiger partial charge in [-0.25, -0.2) is 0 Å². The lowest BCUT2D eigenvalue weighted by Crippen LogP contribution is -2.20. The fraction of sp³-hybridized carbons (Fsp3) is 0.160. The van der Waals surface area contributed by atoms with Crippen LogP contribution in [-0.4, -0.2) is 16.3 Å². The van der Waals surface area contributed by atoms with E-state index in [1.165, 1.54) is 16.5 Å². The van der Waals surface area contributed by atoms with Crippen LogP contribution in [0.4, 0.5) is 0 Å². The van der Waals surface area contributed by atoms with Crippen LogP contribution in [0.5, 0.6) is 0 Å². The number of aromatic nitrogens is 1. The van der Waals surface area contributed by atoms with Gasteiger partial charge < -0.3 is 9.88 Å². The number of carbonyl (C=O) groups excluding carboxylic acids is 1. The third-order valence-corrected chi connectivity index (χ3v) is 4.66. The summed E-state index contributed by atoms with van der Waals surface area (Å²) in [5.74, 6) is 0. The van der Waals surface area contributed by atoms with Crippen LogP contribution in [0.15, 0.2) is 91.1 Å². The first-order valence-corrected chi connectivity index (χ1v) is 9.62. The molecule has 0 spiro atoms. The Morgan fingerprint density at radius 3 is 1.86 bits per heavy atom. The van der Waals surface area contributed by atoms with Crippen molar-refractivity contribution in [3.63, 3.8) is 0 Å². The van der Waals surface area contributed by atoms with E-state index < -0.39 is 0 Å². The topological polar surface area (TPSA) is 36.1 Å². The van der Waals surface area contributed by atoms with Crippen molar-refractivity contribution in [2.24, 2.45) is 0 Å². The van der Waals surface area contributed by atoms with Gasteiger partial charge in [-0.05, 0) is 29.2 Å². The molecule has 3 heteroatoms. The largest absolute Gasteiger partial charge is 0.361 e. The molecule has 0 aliphatic rings. The lowest BCUT2D eigenvalue weighted by atomic mass is 10.1. The fourth-order valence-corrected chi connectivity index (χ4v) is 3.19. The van der Waals surface area contributed by atoms with Crippen LogP contribution < -0.4 is 0 Å². The van der Waals surface area contributed by atoms with Crippen molar-refractivity contribution < 1.29 is 4.79 Å². The van der Waals surface area contributed by atoms with Gasteiger partial charge in [-0.2, -0.15) is 0 Å². The summed E-state index contributed by atoms with van der Waals surface area (Å²) >= 11 is 0. The molecule has 3 aromatic carbocycles. The van der Waals surface area contributed by atoms with Gasteiger partial charge in [-0.1, -0.05) is 85.8 Å². The minimum atomic E-state index is 0.652. The highest BCUT2D eigenvalue weighted by Gasteiger charge is 2.03. The van der Waals surface area contributed by atoms with Gasteiger partial charge in [0.25, 0.3) is 0 Å². The molecule has 0 aliphatic carbocycles. The molecule has 0 aliphatic heterocycles. The zero-order valence-electron chi connectivity index (χ0n) is 16.2. The van der Waals surface area contributed by atoms with Gasteiger partial charge in [0.05, 0.1) is 0 Å². The van der Waals surface area contributed by atoms with Crippen molar-refractivity contribution >= 4 is 17.3 Å². The van der Waals surface area contributed by atoms with Crippen LogP contribution >= 0.6 is 0 Å². The first-order chi connectivity index (χ1) is 13.8. The number of aromatic amines is 1. The van der Waals surface area contributed by atoms with Gasteiger partial charge in [0.2, 0.25) is 6.41 Å². The molecule has 1 heterocycles. The minimum absolute atomic E-state index is 0.652. The third-order valence-electron chi connectivity index (χ3n) is 4.66. The second-order valence-corrected chi connectivity index (χ2v) is 6.69. The van der Waals surface area contributed by atoms with Crippen molar-refractivity contribution in [1.82, 2.24) is 9.88 Å². The van der Waals surface area contributed by atoms with Crippen LogP contribution in [0.25, 0.3) is 10.9 Å². The maximum Gasteiger partial charge on any atom is 0.210 e. The number of benzene rings is 3. The number of aryl methyl sites for hydroxylation is 1. The van der Waals surface area contributed by atoms with E-state index in [2.05, 4.69) is 42.4 Å². The van der Waals surface area contributed by atoms with Crippen LogP contribution in [-0.2, 0) is 24.3 Å². The summed E-state index contributed by atoms with van der Waals surface area (Å²) in [5, 5.41) is 1.36.